The second-order valence-corrected chi connectivity index (χ2v) is 6.97. The minimum absolute atomic E-state index is 0.0731. The lowest BCUT2D eigenvalue weighted by Gasteiger charge is -2.32. The molecule has 5 heteroatoms. The number of benzene rings is 2. The number of rotatable bonds is 6. The number of nitrogens with zero attached hydrogens (tertiary/aromatic N) is 1. The molecule has 0 saturated carbocycles. The van der Waals surface area contributed by atoms with E-state index in [1.807, 2.05) is 36.1 Å². The zero-order valence-electron chi connectivity index (χ0n) is 15.6. The highest BCUT2D eigenvalue weighted by Gasteiger charge is 2.24. The summed E-state index contributed by atoms with van der Waals surface area (Å²) in [7, 11) is 0. The van der Waals surface area contributed by atoms with E-state index < -0.39 is 5.97 Å². The van der Waals surface area contributed by atoms with Crippen LogP contribution in [0.5, 0.6) is 5.75 Å². The monoisotopic (exact) mass is 367 g/mol. The van der Waals surface area contributed by atoms with Crippen LogP contribution in [0, 0.1) is 6.92 Å². The Morgan fingerprint density at radius 1 is 1.07 bits per heavy atom. The van der Waals surface area contributed by atoms with Crippen molar-refractivity contribution < 1.29 is 19.4 Å². The van der Waals surface area contributed by atoms with Crippen LogP contribution in [0.15, 0.2) is 48.5 Å². The number of hydrogen-bond donors (Lipinski definition) is 1. The summed E-state index contributed by atoms with van der Waals surface area (Å²) in [5.74, 6) is -0.00764. The van der Waals surface area contributed by atoms with Gasteiger partial charge < -0.3 is 14.7 Å². The number of likely N-dealkylation sites (tertiary alicyclic amines) is 1. The predicted molar refractivity (Wildman–Crippen MR) is 103 cm³/mol. The van der Waals surface area contributed by atoms with Crippen LogP contribution >= 0.6 is 0 Å². The third-order valence-electron chi connectivity index (χ3n) is 4.97. The molecule has 1 saturated heterocycles. The molecule has 0 bridgehead atoms. The average Bonchev–Trinajstić information content (AvgIpc) is 2.68. The summed E-state index contributed by atoms with van der Waals surface area (Å²) in [5.41, 5.74) is 2.18. The Hall–Kier alpha value is -2.82. The van der Waals surface area contributed by atoms with Crippen molar-refractivity contribution in [2.75, 3.05) is 13.1 Å². The van der Waals surface area contributed by atoms with E-state index in [4.69, 9.17) is 4.74 Å². The maximum absolute atomic E-state index is 12.5. The van der Waals surface area contributed by atoms with Crippen LogP contribution in [0.2, 0.25) is 0 Å². The van der Waals surface area contributed by atoms with E-state index in [1.54, 1.807) is 24.3 Å². The maximum Gasteiger partial charge on any atom is 0.335 e. The first-order valence-corrected chi connectivity index (χ1v) is 9.35. The van der Waals surface area contributed by atoms with Gasteiger partial charge in [0.25, 0.3) is 0 Å². The van der Waals surface area contributed by atoms with Crippen molar-refractivity contribution in [1.82, 2.24) is 4.90 Å². The van der Waals surface area contributed by atoms with Gasteiger partial charge in [-0.05, 0) is 37.1 Å². The van der Waals surface area contributed by atoms with Crippen LogP contribution in [-0.2, 0) is 11.2 Å². The normalized spacial score (nSPS) is 14.8. The van der Waals surface area contributed by atoms with E-state index in [0.717, 1.165) is 18.6 Å². The molecule has 1 fully saturated rings. The molecule has 1 amide bonds. The number of carboxylic acids is 1. The summed E-state index contributed by atoms with van der Waals surface area (Å²) in [6, 6.07) is 14.9. The van der Waals surface area contributed by atoms with Gasteiger partial charge in [-0.15, -0.1) is 0 Å². The summed E-state index contributed by atoms with van der Waals surface area (Å²) < 4.78 is 6.01. The van der Waals surface area contributed by atoms with Gasteiger partial charge in [-0.3, -0.25) is 4.79 Å². The number of carboxylic acid groups (broad SMARTS) is 1. The van der Waals surface area contributed by atoms with Gasteiger partial charge in [0.1, 0.15) is 11.9 Å². The molecule has 27 heavy (non-hydrogen) atoms. The number of hydrogen-bond acceptors (Lipinski definition) is 3. The van der Waals surface area contributed by atoms with Gasteiger partial charge in [0.15, 0.2) is 0 Å². The summed E-state index contributed by atoms with van der Waals surface area (Å²) in [6.07, 6.45) is 2.52. The fraction of sp³-hybridized carbons (Fsp3) is 0.364. The fourth-order valence-corrected chi connectivity index (χ4v) is 3.38. The molecule has 0 unspecified atom stereocenters. The van der Waals surface area contributed by atoms with Crippen molar-refractivity contribution in [2.24, 2.45) is 0 Å². The summed E-state index contributed by atoms with van der Waals surface area (Å²) in [6.45, 7) is 3.40. The van der Waals surface area contributed by atoms with Crippen LogP contribution in [0.1, 0.15) is 40.7 Å². The number of carbonyl (C=O) groups excluding carboxylic acids is 1. The van der Waals surface area contributed by atoms with Gasteiger partial charge in [0.2, 0.25) is 5.91 Å². The van der Waals surface area contributed by atoms with Gasteiger partial charge in [-0.25, -0.2) is 4.79 Å². The van der Waals surface area contributed by atoms with E-state index in [9.17, 15) is 14.7 Å². The van der Waals surface area contributed by atoms with Gasteiger partial charge in [-0.2, -0.15) is 0 Å². The number of aryl methyl sites for hydroxylation is 2. The molecule has 1 aliphatic heterocycles. The van der Waals surface area contributed by atoms with E-state index in [0.29, 0.717) is 31.5 Å². The quantitative estimate of drug-likeness (QED) is 0.845. The number of aromatic carboxylic acids is 1. The Bertz CT molecular complexity index is 792. The fourth-order valence-electron chi connectivity index (χ4n) is 3.38. The van der Waals surface area contributed by atoms with Crippen LogP contribution in [-0.4, -0.2) is 41.1 Å². The first-order valence-electron chi connectivity index (χ1n) is 9.35. The van der Waals surface area contributed by atoms with Crippen molar-refractivity contribution in [2.45, 2.75) is 38.7 Å². The molecular weight excluding hydrogens is 342 g/mol. The molecule has 0 radical (unpaired) electrons. The highest BCUT2D eigenvalue weighted by atomic mass is 16.5. The third kappa shape index (κ3) is 5.09. The average molecular weight is 367 g/mol. The highest BCUT2D eigenvalue weighted by Crippen LogP contribution is 2.20. The van der Waals surface area contributed by atoms with E-state index in [-0.39, 0.29) is 17.6 Å². The standard InChI is InChI=1S/C22H25NO4/c1-16-6-9-18(10-7-16)27-19-12-14-23(15-13-19)21(24)11-8-17-4-2-3-5-20(17)22(25)26/h2-7,9-10,19H,8,11-15H2,1H3,(H,25,26). The molecule has 5 nitrogen and oxygen atoms in total. The van der Waals surface area contributed by atoms with E-state index >= 15 is 0 Å². The van der Waals surface area contributed by atoms with Crippen molar-refractivity contribution in [3.63, 3.8) is 0 Å². The van der Waals surface area contributed by atoms with Crippen molar-refractivity contribution in [3.05, 3.63) is 65.2 Å². The van der Waals surface area contributed by atoms with Gasteiger partial charge >= 0.3 is 5.97 Å². The molecular formula is C22H25NO4. The lowest BCUT2D eigenvalue weighted by atomic mass is 10.0. The summed E-state index contributed by atoms with van der Waals surface area (Å²) >= 11 is 0. The molecule has 1 aliphatic rings. The topological polar surface area (TPSA) is 66.8 Å². The number of piperidine rings is 1. The third-order valence-corrected chi connectivity index (χ3v) is 4.97. The first-order chi connectivity index (χ1) is 13.0. The van der Waals surface area contributed by atoms with Crippen LogP contribution in [0.25, 0.3) is 0 Å². The number of ether oxygens (including phenoxy) is 1. The van der Waals surface area contributed by atoms with E-state index in [1.165, 1.54) is 5.56 Å². The Balaban J connectivity index is 1.47. The van der Waals surface area contributed by atoms with Gasteiger partial charge in [0.05, 0.1) is 5.56 Å². The molecule has 1 heterocycles. The lowest BCUT2D eigenvalue weighted by molar-refractivity contribution is -0.132. The van der Waals surface area contributed by atoms with Crippen LogP contribution in [0.3, 0.4) is 0 Å². The molecule has 3 rings (SSSR count). The second kappa shape index (κ2) is 8.71. The van der Waals surface area contributed by atoms with Crippen molar-refractivity contribution in [3.8, 4) is 5.75 Å². The zero-order valence-corrected chi connectivity index (χ0v) is 15.6. The first kappa shape index (κ1) is 19.0. The Morgan fingerprint density at radius 3 is 2.41 bits per heavy atom. The summed E-state index contributed by atoms with van der Waals surface area (Å²) in [5, 5.41) is 9.24. The van der Waals surface area contributed by atoms with Crippen molar-refractivity contribution in [1.29, 1.82) is 0 Å². The molecule has 0 atom stereocenters. The zero-order chi connectivity index (χ0) is 19.2. The van der Waals surface area contributed by atoms with Gasteiger partial charge in [-0.1, -0.05) is 35.9 Å². The number of amides is 1. The SMILES string of the molecule is Cc1ccc(OC2CCN(C(=O)CCc3ccccc3C(=O)O)CC2)cc1. The number of carbonyl (C=O) groups is 2. The van der Waals surface area contributed by atoms with Crippen LogP contribution in [0.4, 0.5) is 0 Å². The minimum Gasteiger partial charge on any atom is -0.490 e. The van der Waals surface area contributed by atoms with Crippen LogP contribution < -0.4 is 4.74 Å². The highest BCUT2D eigenvalue weighted by molar-refractivity contribution is 5.89. The van der Waals surface area contributed by atoms with Gasteiger partial charge in [0, 0.05) is 32.4 Å². The molecule has 2 aromatic carbocycles. The molecule has 142 valence electrons. The molecule has 2 aromatic rings. The van der Waals surface area contributed by atoms with E-state index in [2.05, 4.69) is 0 Å². The largest absolute Gasteiger partial charge is 0.490 e. The predicted octanol–water partition coefficient (Wildman–Crippen LogP) is 3.70. The molecule has 1 N–H and O–H groups in total. The molecule has 0 spiro atoms. The maximum atomic E-state index is 12.5. The lowest BCUT2D eigenvalue weighted by Crippen LogP contribution is -2.41. The smallest absolute Gasteiger partial charge is 0.335 e. The minimum atomic E-state index is -0.952. The summed E-state index contributed by atoms with van der Waals surface area (Å²) in [4.78, 5) is 25.6. The molecule has 0 aliphatic carbocycles. The Morgan fingerprint density at radius 2 is 1.74 bits per heavy atom. The Kier molecular flexibility index (Phi) is 6.12. The Labute approximate surface area is 159 Å². The van der Waals surface area contributed by atoms with Crippen molar-refractivity contribution >= 4 is 11.9 Å². The second-order valence-electron chi connectivity index (χ2n) is 6.97. The molecule has 0 aromatic heterocycles.